The number of amides is 1. The maximum Gasteiger partial charge on any atom is 0.407 e. The van der Waals surface area contributed by atoms with Gasteiger partial charge in [0.05, 0.1) is 5.69 Å². The second-order valence-electron chi connectivity index (χ2n) is 5.90. The summed E-state index contributed by atoms with van der Waals surface area (Å²) in [6.07, 6.45) is -0.439. The van der Waals surface area contributed by atoms with E-state index in [1.807, 2.05) is 26.2 Å². The van der Waals surface area contributed by atoms with Crippen molar-refractivity contribution in [2.75, 3.05) is 18.4 Å². The normalized spacial score (nSPS) is 11.1. The minimum Gasteiger partial charge on any atom is -0.444 e. The molecule has 1 amide bonds. The molecule has 0 saturated heterocycles. The molecule has 124 valence electrons. The SMILES string of the molecule is CC(C)(C)OC(=O)NCCNc1nc(-c2ccc(F)cc2)cs1. The molecule has 0 saturated carbocycles. The van der Waals surface area contributed by atoms with Crippen LogP contribution < -0.4 is 10.6 Å². The van der Waals surface area contributed by atoms with Crippen molar-refractivity contribution >= 4 is 22.6 Å². The van der Waals surface area contributed by atoms with E-state index in [4.69, 9.17) is 4.74 Å². The van der Waals surface area contributed by atoms with Gasteiger partial charge in [-0.15, -0.1) is 11.3 Å². The van der Waals surface area contributed by atoms with E-state index in [1.165, 1.54) is 23.5 Å². The van der Waals surface area contributed by atoms with Gasteiger partial charge in [0.1, 0.15) is 11.4 Å². The largest absolute Gasteiger partial charge is 0.444 e. The average Bonchev–Trinajstić information content (AvgIpc) is 2.91. The zero-order valence-electron chi connectivity index (χ0n) is 13.4. The third-order valence-electron chi connectivity index (χ3n) is 2.71. The number of rotatable bonds is 5. The van der Waals surface area contributed by atoms with E-state index in [9.17, 15) is 9.18 Å². The minimum absolute atomic E-state index is 0.268. The predicted molar refractivity (Wildman–Crippen MR) is 90.2 cm³/mol. The molecule has 23 heavy (non-hydrogen) atoms. The van der Waals surface area contributed by atoms with Gasteiger partial charge >= 0.3 is 6.09 Å². The Kier molecular flexibility index (Phi) is 5.54. The summed E-state index contributed by atoms with van der Waals surface area (Å²) in [7, 11) is 0. The number of thiazole rings is 1. The maximum absolute atomic E-state index is 12.9. The highest BCUT2D eigenvalue weighted by atomic mass is 32.1. The first-order valence-corrected chi connectivity index (χ1v) is 8.14. The standard InChI is InChI=1S/C16H20FN3O2S/c1-16(2,3)22-15(21)19-9-8-18-14-20-13(10-23-14)11-4-6-12(17)7-5-11/h4-7,10H,8-9H2,1-3H3,(H,18,20)(H,19,21). The van der Waals surface area contributed by atoms with Crippen LogP contribution >= 0.6 is 11.3 Å². The van der Waals surface area contributed by atoms with E-state index in [2.05, 4.69) is 15.6 Å². The van der Waals surface area contributed by atoms with Crippen molar-refractivity contribution in [1.82, 2.24) is 10.3 Å². The molecule has 1 aromatic carbocycles. The topological polar surface area (TPSA) is 63.2 Å². The maximum atomic E-state index is 12.9. The summed E-state index contributed by atoms with van der Waals surface area (Å²) < 4.78 is 18.0. The summed E-state index contributed by atoms with van der Waals surface area (Å²) in [5.74, 6) is -0.268. The quantitative estimate of drug-likeness (QED) is 0.813. The Hall–Kier alpha value is -2.15. The number of nitrogens with one attached hydrogen (secondary N) is 2. The highest BCUT2D eigenvalue weighted by molar-refractivity contribution is 7.14. The molecule has 1 heterocycles. The molecular formula is C16H20FN3O2S. The van der Waals surface area contributed by atoms with Crippen molar-refractivity contribution < 1.29 is 13.9 Å². The summed E-state index contributed by atoms with van der Waals surface area (Å²) >= 11 is 1.46. The lowest BCUT2D eigenvalue weighted by atomic mass is 10.2. The van der Waals surface area contributed by atoms with Gasteiger partial charge in [-0.1, -0.05) is 0 Å². The highest BCUT2D eigenvalue weighted by Gasteiger charge is 2.15. The first-order valence-electron chi connectivity index (χ1n) is 7.26. The molecule has 0 unspecified atom stereocenters. The van der Waals surface area contributed by atoms with Gasteiger partial charge in [-0.25, -0.2) is 14.2 Å². The summed E-state index contributed by atoms with van der Waals surface area (Å²) in [4.78, 5) is 15.9. The molecule has 0 radical (unpaired) electrons. The van der Waals surface area contributed by atoms with Gasteiger partial charge in [0.2, 0.25) is 0 Å². The Bertz CT molecular complexity index is 650. The Labute approximate surface area is 138 Å². The molecule has 0 aliphatic heterocycles. The molecule has 2 N–H and O–H groups in total. The van der Waals surface area contributed by atoms with Crippen molar-refractivity contribution in [1.29, 1.82) is 0 Å². The monoisotopic (exact) mass is 337 g/mol. The molecule has 2 aromatic rings. The van der Waals surface area contributed by atoms with E-state index >= 15 is 0 Å². The van der Waals surface area contributed by atoms with Crippen LogP contribution in [0.3, 0.4) is 0 Å². The van der Waals surface area contributed by atoms with E-state index in [1.54, 1.807) is 12.1 Å². The molecule has 0 atom stereocenters. The Morgan fingerprint density at radius 1 is 1.26 bits per heavy atom. The fraction of sp³-hybridized carbons (Fsp3) is 0.375. The molecule has 0 spiro atoms. The number of aromatic nitrogens is 1. The van der Waals surface area contributed by atoms with Gasteiger partial charge in [0.15, 0.2) is 5.13 Å². The van der Waals surface area contributed by atoms with Crippen LogP contribution in [0.4, 0.5) is 14.3 Å². The number of carbonyl (C=O) groups is 1. The lowest BCUT2D eigenvalue weighted by Crippen LogP contribution is -2.34. The predicted octanol–water partition coefficient (Wildman–Crippen LogP) is 3.89. The first kappa shape index (κ1) is 17.2. The fourth-order valence-corrected chi connectivity index (χ4v) is 2.50. The van der Waals surface area contributed by atoms with Gasteiger partial charge < -0.3 is 15.4 Å². The van der Waals surface area contributed by atoms with E-state index < -0.39 is 11.7 Å². The number of carbonyl (C=O) groups excluding carboxylic acids is 1. The molecule has 5 nitrogen and oxygen atoms in total. The zero-order chi connectivity index (χ0) is 16.9. The fourth-order valence-electron chi connectivity index (χ4n) is 1.76. The first-order chi connectivity index (χ1) is 10.8. The van der Waals surface area contributed by atoms with Crippen molar-refractivity contribution in [3.8, 4) is 11.3 Å². The Balaban J connectivity index is 1.77. The number of anilines is 1. The third kappa shape index (κ3) is 5.86. The molecule has 0 fully saturated rings. The van der Waals surface area contributed by atoms with Gasteiger partial charge in [-0.05, 0) is 45.0 Å². The Morgan fingerprint density at radius 3 is 2.61 bits per heavy atom. The van der Waals surface area contributed by atoms with Crippen LogP contribution in [0.5, 0.6) is 0 Å². The number of hydrogen-bond acceptors (Lipinski definition) is 5. The molecule has 7 heteroatoms. The summed E-state index contributed by atoms with van der Waals surface area (Å²) in [5.41, 5.74) is 1.15. The number of benzene rings is 1. The van der Waals surface area contributed by atoms with E-state index in [-0.39, 0.29) is 5.82 Å². The molecule has 2 rings (SSSR count). The summed E-state index contributed by atoms with van der Waals surface area (Å²) in [6, 6.07) is 6.20. The zero-order valence-corrected chi connectivity index (χ0v) is 14.2. The lowest BCUT2D eigenvalue weighted by molar-refractivity contribution is 0.0530. The molecule has 1 aromatic heterocycles. The van der Waals surface area contributed by atoms with Crippen LogP contribution in [0.2, 0.25) is 0 Å². The van der Waals surface area contributed by atoms with Crippen molar-refractivity contribution in [3.63, 3.8) is 0 Å². The third-order valence-corrected chi connectivity index (χ3v) is 3.51. The van der Waals surface area contributed by atoms with Crippen LogP contribution in [0.15, 0.2) is 29.6 Å². The molecule has 0 aliphatic carbocycles. The average molecular weight is 337 g/mol. The summed E-state index contributed by atoms with van der Waals surface area (Å²) in [6.45, 7) is 6.42. The van der Waals surface area contributed by atoms with Gasteiger partial charge in [-0.3, -0.25) is 0 Å². The van der Waals surface area contributed by atoms with Gasteiger partial charge in [-0.2, -0.15) is 0 Å². The second kappa shape index (κ2) is 7.41. The molecular weight excluding hydrogens is 317 g/mol. The number of hydrogen-bond donors (Lipinski definition) is 2. The number of ether oxygens (including phenoxy) is 1. The van der Waals surface area contributed by atoms with Gasteiger partial charge in [0, 0.05) is 24.0 Å². The smallest absolute Gasteiger partial charge is 0.407 e. The van der Waals surface area contributed by atoms with Crippen LogP contribution in [0, 0.1) is 5.82 Å². The number of halogens is 1. The second-order valence-corrected chi connectivity index (χ2v) is 6.76. The van der Waals surface area contributed by atoms with Crippen molar-refractivity contribution in [3.05, 3.63) is 35.5 Å². The van der Waals surface area contributed by atoms with Crippen molar-refractivity contribution in [2.24, 2.45) is 0 Å². The number of alkyl carbamates (subject to hydrolysis) is 1. The van der Waals surface area contributed by atoms with Crippen molar-refractivity contribution in [2.45, 2.75) is 26.4 Å². The molecule has 0 aliphatic rings. The summed E-state index contributed by atoms with van der Waals surface area (Å²) in [5, 5.41) is 8.44. The minimum atomic E-state index is -0.503. The van der Waals surface area contributed by atoms with E-state index in [0.717, 1.165) is 16.4 Å². The van der Waals surface area contributed by atoms with Crippen LogP contribution in [-0.2, 0) is 4.74 Å². The Morgan fingerprint density at radius 2 is 1.96 bits per heavy atom. The van der Waals surface area contributed by atoms with Crippen LogP contribution in [0.25, 0.3) is 11.3 Å². The number of nitrogens with zero attached hydrogens (tertiary/aromatic N) is 1. The van der Waals surface area contributed by atoms with Crippen LogP contribution in [-0.4, -0.2) is 29.8 Å². The molecule has 0 bridgehead atoms. The van der Waals surface area contributed by atoms with E-state index in [0.29, 0.717) is 13.1 Å². The lowest BCUT2D eigenvalue weighted by Gasteiger charge is -2.19. The van der Waals surface area contributed by atoms with Gasteiger partial charge in [0.25, 0.3) is 0 Å². The van der Waals surface area contributed by atoms with Crippen LogP contribution in [0.1, 0.15) is 20.8 Å². The highest BCUT2D eigenvalue weighted by Crippen LogP contribution is 2.24.